The molecule has 0 radical (unpaired) electrons. The van der Waals surface area contributed by atoms with E-state index in [-0.39, 0.29) is 34.1 Å². The van der Waals surface area contributed by atoms with E-state index in [4.69, 9.17) is 22.1 Å². The molecule has 2 aromatic carbocycles. The molecule has 1 aromatic heterocycles. The Morgan fingerprint density at radius 1 is 1.09 bits per heavy atom. The van der Waals surface area contributed by atoms with Crippen LogP contribution in [0.3, 0.4) is 0 Å². The highest BCUT2D eigenvalue weighted by Crippen LogP contribution is 2.32. The van der Waals surface area contributed by atoms with Gasteiger partial charge in [0, 0.05) is 5.69 Å². The summed E-state index contributed by atoms with van der Waals surface area (Å²) in [7, 11) is 0. The number of nitrogens with two attached hydrogens (primary N) is 1. The summed E-state index contributed by atoms with van der Waals surface area (Å²) >= 11 is 6.14. The quantitative estimate of drug-likeness (QED) is 0.522. The van der Waals surface area contributed by atoms with Crippen LogP contribution in [0, 0.1) is 5.82 Å². The number of carbonyl (C=O) groups is 2. The van der Waals surface area contributed by atoms with Crippen LogP contribution in [0.2, 0.25) is 5.02 Å². The molecule has 0 fully saturated rings. The number of rotatable bonds is 6. The van der Waals surface area contributed by atoms with Gasteiger partial charge in [-0.15, -0.1) is 10.2 Å². The molecule has 7 nitrogen and oxygen atoms in total. The average molecular weight is 457 g/mol. The third-order valence-electron chi connectivity index (χ3n) is 4.29. The van der Waals surface area contributed by atoms with Crippen LogP contribution < -0.4 is 11.1 Å². The number of benzene rings is 2. The predicted molar refractivity (Wildman–Crippen MR) is 120 cm³/mol. The van der Waals surface area contributed by atoms with E-state index in [0.717, 1.165) is 0 Å². The highest BCUT2D eigenvalue weighted by atomic mass is 35.5. The number of halogens is 2. The number of aromatic nitrogens is 2. The van der Waals surface area contributed by atoms with Crippen molar-refractivity contribution in [1.29, 1.82) is 0 Å². The van der Waals surface area contributed by atoms with Crippen molar-refractivity contribution in [3.8, 4) is 11.3 Å². The van der Waals surface area contributed by atoms with Gasteiger partial charge < -0.3 is 15.8 Å². The molecule has 0 aliphatic heterocycles. The van der Waals surface area contributed by atoms with Gasteiger partial charge in [-0.25, -0.2) is 4.39 Å². The number of anilines is 2. The van der Waals surface area contributed by atoms with Crippen molar-refractivity contribution in [2.75, 3.05) is 5.32 Å². The third kappa shape index (κ3) is 5.59. The molecule has 3 N–H and O–H groups in total. The molecular formula is C23H22ClFN4O3. The van der Waals surface area contributed by atoms with Crippen molar-refractivity contribution in [3.05, 3.63) is 70.6 Å². The van der Waals surface area contributed by atoms with Gasteiger partial charge in [0.15, 0.2) is 5.69 Å². The second kappa shape index (κ2) is 9.32. The maximum atomic E-state index is 14.4. The Morgan fingerprint density at radius 2 is 1.81 bits per heavy atom. The van der Waals surface area contributed by atoms with Crippen LogP contribution in [0.5, 0.6) is 0 Å². The molecule has 9 heteroatoms. The largest absolute Gasteiger partial charge is 0.460 e. The van der Waals surface area contributed by atoms with E-state index in [0.29, 0.717) is 11.3 Å². The van der Waals surface area contributed by atoms with Crippen LogP contribution in [-0.4, -0.2) is 27.7 Å². The second-order valence-corrected chi connectivity index (χ2v) is 8.41. The number of hydrogen-bond donors (Lipinski definition) is 2. The minimum Gasteiger partial charge on any atom is -0.460 e. The Bertz CT molecular complexity index is 1160. The van der Waals surface area contributed by atoms with Crippen LogP contribution in [0.1, 0.15) is 36.8 Å². The molecule has 1 amide bonds. The molecule has 32 heavy (non-hydrogen) atoms. The van der Waals surface area contributed by atoms with Crippen molar-refractivity contribution in [1.82, 2.24) is 10.2 Å². The monoisotopic (exact) mass is 456 g/mol. The van der Waals surface area contributed by atoms with Crippen LogP contribution in [0.15, 0.2) is 48.5 Å². The van der Waals surface area contributed by atoms with E-state index in [9.17, 15) is 14.0 Å². The highest BCUT2D eigenvalue weighted by Gasteiger charge is 2.20. The first-order valence-electron chi connectivity index (χ1n) is 9.74. The van der Waals surface area contributed by atoms with E-state index < -0.39 is 23.3 Å². The van der Waals surface area contributed by atoms with Crippen LogP contribution >= 0.6 is 11.6 Å². The van der Waals surface area contributed by atoms with Gasteiger partial charge in [0.05, 0.1) is 28.4 Å². The number of nitrogens with zero attached hydrogens (tertiary/aromatic N) is 2. The Morgan fingerprint density at radius 3 is 2.47 bits per heavy atom. The normalized spacial score (nSPS) is 11.2. The van der Waals surface area contributed by atoms with Crippen molar-refractivity contribution in [2.24, 2.45) is 5.73 Å². The number of amides is 1. The lowest BCUT2D eigenvalue weighted by atomic mass is 10.1. The predicted octanol–water partition coefficient (Wildman–Crippen LogP) is 4.66. The lowest BCUT2D eigenvalue weighted by Gasteiger charge is -2.20. The Labute approximate surface area is 189 Å². The van der Waals surface area contributed by atoms with Gasteiger partial charge in [-0.3, -0.25) is 9.59 Å². The van der Waals surface area contributed by atoms with E-state index >= 15 is 0 Å². The minimum absolute atomic E-state index is 0.00312. The van der Waals surface area contributed by atoms with E-state index in [1.165, 1.54) is 24.3 Å². The van der Waals surface area contributed by atoms with Crippen molar-refractivity contribution < 1.29 is 18.7 Å². The van der Waals surface area contributed by atoms with Crippen molar-refractivity contribution >= 4 is 34.9 Å². The number of ether oxygens (including phenoxy) is 1. The van der Waals surface area contributed by atoms with Gasteiger partial charge in [-0.1, -0.05) is 35.9 Å². The Kier molecular flexibility index (Phi) is 6.74. The van der Waals surface area contributed by atoms with E-state index in [1.54, 1.807) is 45.0 Å². The number of hydrogen-bond acceptors (Lipinski definition) is 6. The first-order valence-corrected chi connectivity index (χ1v) is 10.1. The molecule has 0 saturated heterocycles. The fourth-order valence-corrected chi connectivity index (χ4v) is 3.27. The summed E-state index contributed by atoms with van der Waals surface area (Å²) in [5, 5.41) is 11.0. The van der Waals surface area contributed by atoms with Gasteiger partial charge in [-0.2, -0.15) is 0 Å². The molecule has 3 rings (SSSR count). The topological polar surface area (TPSA) is 107 Å². The van der Waals surface area contributed by atoms with Crippen LogP contribution in [0.4, 0.5) is 15.8 Å². The molecule has 0 aliphatic rings. The molecule has 1 heterocycles. The lowest BCUT2D eigenvalue weighted by Crippen LogP contribution is -2.25. The number of esters is 1. The summed E-state index contributed by atoms with van der Waals surface area (Å²) in [4.78, 5) is 24.2. The van der Waals surface area contributed by atoms with Crippen molar-refractivity contribution in [2.45, 2.75) is 32.8 Å². The molecule has 166 valence electrons. The van der Waals surface area contributed by atoms with Crippen molar-refractivity contribution in [3.63, 3.8) is 0 Å². The number of para-hydroxylation sites is 1. The first kappa shape index (κ1) is 23.1. The second-order valence-electron chi connectivity index (χ2n) is 8.00. The summed E-state index contributed by atoms with van der Waals surface area (Å²) in [6, 6.07) is 12.7. The van der Waals surface area contributed by atoms with Gasteiger partial charge >= 0.3 is 5.97 Å². The summed E-state index contributed by atoms with van der Waals surface area (Å²) in [5.74, 6) is -1.82. The zero-order chi connectivity index (χ0) is 23.5. The molecular weight excluding hydrogens is 435 g/mol. The Hall–Kier alpha value is -3.52. The molecule has 0 spiro atoms. The maximum absolute atomic E-state index is 14.4. The summed E-state index contributed by atoms with van der Waals surface area (Å²) in [6.45, 7) is 5.35. The number of nitrogens with one attached hydrogen (secondary N) is 1. The molecule has 3 aromatic rings. The fourth-order valence-electron chi connectivity index (χ4n) is 3.01. The molecule has 0 unspecified atom stereocenters. The van der Waals surface area contributed by atoms with E-state index in [2.05, 4.69) is 15.5 Å². The fraction of sp³-hybridized carbons (Fsp3) is 0.217. The van der Waals surface area contributed by atoms with Gasteiger partial charge in [0.25, 0.3) is 5.91 Å². The average Bonchev–Trinajstić information content (AvgIpc) is 2.68. The zero-order valence-electron chi connectivity index (χ0n) is 17.8. The molecule has 0 atom stereocenters. The summed E-state index contributed by atoms with van der Waals surface area (Å²) in [6.07, 6.45) is -0.00312. The molecule has 0 saturated carbocycles. The first-order chi connectivity index (χ1) is 15.0. The maximum Gasteiger partial charge on any atom is 0.310 e. The smallest absolute Gasteiger partial charge is 0.310 e. The summed E-state index contributed by atoms with van der Waals surface area (Å²) in [5.41, 5.74) is 6.19. The molecule has 0 bridgehead atoms. The SMILES string of the molecule is CC(C)(C)OC(=O)Cc1ccccc1Nc1cc(-c2c(F)cccc2Cl)nnc1C(N)=O. The lowest BCUT2D eigenvalue weighted by molar-refractivity contribution is -0.153. The van der Waals surface area contributed by atoms with Gasteiger partial charge in [0.1, 0.15) is 11.4 Å². The Balaban J connectivity index is 2.00. The standard InChI is InChI=1S/C23H22ClFN4O3/c1-23(2,3)32-19(30)11-13-7-4-5-10-16(13)27-18-12-17(28-29-21(18)22(26)31)20-14(24)8-6-9-15(20)25/h4-10,12H,11H2,1-3H3,(H2,26,31)(H,27,28). The number of primary amides is 1. The van der Waals surface area contributed by atoms with Gasteiger partial charge in [-0.05, 0) is 50.6 Å². The number of carbonyl (C=O) groups excluding carboxylic acids is 2. The van der Waals surface area contributed by atoms with Crippen LogP contribution in [-0.2, 0) is 16.0 Å². The summed E-state index contributed by atoms with van der Waals surface area (Å²) < 4.78 is 19.8. The van der Waals surface area contributed by atoms with Crippen LogP contribution in [0.25, 0.3) is 11.3 Å². The highest BCUT2D eigenvalue weighted by molar-refractivity contribution is 6.33. The third-order valence-corrected chi connectivity index (χ3v) is 4.60. The minimum atomic E-state index is -0.823. The molecule has 0 aliphatic carbocycles. The van der Waals surface area contributed by atoms with E-state index in [1.807, 2.05) is 0 Å². The van der Waals surface area contributed by atoms with Gasteiger partial charge in [0.2, 0.25) is 0 Å². The zero-order valence-corrected chi connectivity index (χ0v) is 18.5.